The van der Waals surface area contributed by atoms with Crippen molar-refractivity contribution in [1.82, 2.24) is 5.32 Å². The van der Waals surface area contributed by atoms with Gasteiger partial charge in [-0.05, 0) is 57.2 Å². The molecule has 2 heteroatoms. The molecule has 0 radical (unpaired) electrons. The first-order chi connectivity index (χ1) is 7.38. The molecule has 16 heavy (non-hydrogen) atoms. The summed E-state index contributed by atoms with van der Waals surface area (Å²) in [6.45, 7) is 12.3. The summed E-state index contributed by atoms with van der Waals surface area (Å²) in [5, 5.41) is 3.59. The highest BCUT2D eigenvalue weighted by atomic mass is 16.3. The molecule has 1 aromatic heterocycles. The fraction of sp³-hybridized carbons (Fsp3) is 0.714. The SMILES string of the molecule is CC(C)C(CNC(C)(C)C)Cc1ccoc1. The van der Waals surface area contributed by atoms with E-state index in [9.17, 15) is 0 Å². The van der Waals surface area contributed by atoms with E-state index >= 15 is 0 Å². The molecule has 0 saturated carbocycles. The van der Waals surface area contributed by atoms with Crippen molar-refractivity contribution in [3.8, 4) is 0 Å². The van der Waals surface area contributed by atoms with E-state index in [2.05, 4.69) is 46.0 Å². The first kappa shape index (κ1) is 13.3. The number of hydrogen-bond acceptors (Lipinski definition) is 2. The van der Waals surface area contributed by atoms with Gasteiger partial charge in [-0.15, -0.1) is 0 Å². The average Bonchev–Trinajstić information content (AvgIpc) is 2.62. The zero-order chi connectivity index (χ0) is 12.2. The van der Waals surface area contributed by atoms with E-state index in [0.29, 0.717) is 11.8 Å². The van der Waals surface area contributed by atoms with Gasteiger partial charge in [0.25, 0.3) is 0 Å². The molecule has 0 spiro atoms. The van der Waals surface area contributed by atoms with Crippen molar-refractivity contribution in [3.05, 3.63) is 24.2 Å². The summed E-state index contributed by atoms with van der Waals surface area (Å²) in [6, 6.07) is 2.06. The second-order valence-corrected chi connectivity index (χ2v) is 5.97. The van der Waals surface area contributed by atoms with E-state index in [1.54, 1.807) is 6.26 Å². The maximum atomic E-state index is 5.12. The highest BCUT2D eigenvalue weighted by Gasteiger charge is 2.17. The molecule has 1 rings (SSSR count). The monoisotopic (exact) mass is 223 g/mol. The van der Waals surface area contributed by atoms with Crippen LogP contribution in [0.25, 0.3) is 0 Å². The van der Waals surface area contributed by atoms with Gasteiger partial charge in [-0.25, -0.2) is 0 Å². The number of furan rings is 1. The van der Waals surface area contributed by atoms with E-state index in [4.69, 9.17) is 4.42 Å². The topological polar surface area (TPSA) is 25.2 Å². The second kappa shape index (κ2) is 5.53. The van der Waals surface area contributed by atoms with E-state index in [-0.39, 0.29) is 5.54 Å². The Balaban J connectivity index is 2.48. The van der Waals surface area contributed by atoms with Crippen molar-refractivity contribution >= 4 is 0 Å². The van der Waals surface area contributed by atoms with Gasteiger partial charge in [-0.1, -0.05) is 13.8 Å². The minimum Gasteiger partial charge on any atom is -0.472 e. The fourth-order valence-corrected chi connectivity index (χ4v) is 1.69. The molecule has 0 aliphatic carbocycles. The van der Waals surface area contributed by atoms with Gasteiger partial charge < -0.3 is 9.73 Å². The molecule has 1 atom stereocenters. The van der Waals surface area contributed by atoms with Crippen LogP contribution >= 0.6 is 0 Å². The second-order valence-electron chi connectivity index (χ2n) is 5.97. The standard InChI is InChI=1S/C14H25NO/c1-11(2)13(9-15-14(3,4)5)8-12-6-7-16-10-12/h6-7,10-11,13,15H,8-9H2,1-5H3. The van der Waals surface area contributed by atoms with Crippen molar-refractivity contribution in [2.24, 2.45) is 11.8 Å². The predicted molar refractivity (Wildman–Crippen MR) is 68.5 cm³/mol. The van der Waals surface area contributed by atoms with Crippen LogP contribution in [-0.4, -0.2) is 12.1 Å². The Morgan fingerprint density at radius 2 is 2.00 bits per heavy atom. The van der Waals surface area contributed by atoms with Crippen molar-refractivity contribution in [3.63, 3.8) is 0 Å². The summed E-state index contributed by atoms with van der Waals surface area (Å²) in [4.78, 5) is 0. The van der Waals surface area contributed by atoms with E-state index in [1.807, 2.05) is 6.26 Å². The maximum absolute atomic E-state index is 5.12. The Morgan fingerprint density at radius 3 is 2.44 bits per heavy atom. The van der Waals surface area contributed by atoms with Gasteiger partial charge in [0.1, 0.15) is 0 Å². The van der Waals surface area contributed by atoms with Crippen LogP contribution in [0.5, 0.6) is 0 Å². The summed E-state index contributed by atoms with van der Waals surface area (Å²) in [5.74, 6) is 1.35. The van der Waals surface area contributed by atoms with Gasteiger partial charge in [-0.3, -0.25) is 0 Å². The smallest absolute Gasteiger partial charge is 0.0934 e. The molecule has 1 aromatic rings. The minimum absolute atomic E-state index is 0.198. The first-order valence-electron chi connectivity index (χ1n) is 6.14. The predicted octanol–water partition coefficient (Wildman–Crippen LogP) is 3.48. The van der Waals surface area contributed by atoms with Crippen LogP contribution < -0.4 is 5.32 Å². The molecule has 1 N–H and O–H groups in total. The van der Waals surface area contributed by atoms with Gasteiger partial charge >= 0.3 is 0 Å². The minimum atomic E-state index is 0.198. The van der Waals surface area contributed by atoms with Gasteiger partial charge in [-0.2, -0.15) is 0 Å². The van der Waals surface area contributed by atoms with E-state index in [0.717, 1.165) is 13.0 Å². The van der Waals surface area contributed by atoms with Crippen LogP contribution in [0.1, 0.15) is 40.2 Å². The quantitative estimate of drug-likeness (QED) is 0.826. The zero-order valence-corrected chi connectivity index (χ0v) is 11.2. The van der Waals surface area contributed by atoms with Crippen LogP contribution in [0.2, 0.25) is 0 Å². The molecule has 0 aromatic carbocycles. The summed E-state index contributed by atoms with van der Waals surface area (Å²) in [7, 11) is 0. The number of hydrogen-bond donors (Lipinski definition) is 1. The molecule has 2 nitrogen and oxygen atoms in total. The Morgan fingerprint density at radius 1 is 1.31 bits per heavy atom. The molecule has 0 aliphatic rings. The summed E-state index contributed by atoms with van der Waals surface area (Å²) < 4.78 is 5.12. The van der Waals surface area contributed by atoms with Gasteiger partial charge in [0.15, 0.2) is 0 Å². The van der Waals surface area contributed by atoms with Crippen LogP contribution in [0.3, 0.4) is 0 Å². The highest BCUT2D eigenvalue weighted by Crippen LogP contribution is 2.18. The Labute approximate surface area is 99.4 Å². The largest absolute Gasteiger partial charge is 0.472 e. The molecule has 1 heterocycles. The van der Waals surface area contributed by atoms with Crippen LogP contribution in [-0.2, 0) is 6.42 Å². The fourth-order valence-electron chi connectivity index (χ4n) is 1.69. The first-order valence-corrected chi connectivity index (χ1v) is 6.14. The Kier molecular flexibility index (Phi) is 4.60. The third-order valence-electron chi connectivity index (χ3n) is 2.92. The van der Waals surface area contributed by atoms with Crippen molar-refractivity contribution in [2.75, 3.05) is 6.54 Å². The lowest BCUT2D eigenvalue weighted by Gasteiger charge is -2.27. The van der Waals surface area contributed by atoms with Gasteiger partial charge in [0, 0.05) is 5.54 Å². The molecular formula is C14H25NO. The lowest BCUT2D eigenvalue weighted by atomic mass is 9.89. The van der Waals surface area contributed by atoms with E-state index in [1.165, 1.54) is 5.56 Å². The van der Waals surface area contributed by atoms with Gasteiger partial charge in [0.05, 0.1) is 12.5 Å². The molecule has 0 fully saturated rings. The number of rotatable bonds is 5. The van der Waals surface area contributed by atoms with Crippen LogP contribution in [0, 0.1) is 11.8 Å². The average molecular weight is 223 g/mol. The molecule has 0 saturated heterocycles. The lowest BCUT2D eigenvalue weighted by molar-refractivity contribution is 0.312. The van der Waals surface area contributed by atoms with Crippen LogP contribution in [0.4, 0.5) is 0 Å². The van der Waals surface area contributed by atoms with E-state index < -0.39 is 0 Å². The maximum Gasteiger partial charge on any atom is 0.0934 e. The van der Waals surface area contributed by atoms with Gasteiger partial charge in [0.2, 0.25) is 0 Å². The molecular weight excluding hydrogens is 198 g/mol. The Hall–Kier alpha value is -0.760. The number of nitrogens with one attached hydrogen (secondary N) is 1. The molecule has 92 valence electrons. The van der Waals surface area contributed by atoms with Crippen LogP contribution in [0.15, 0.2) is 23.0 Å². The van der Waals surface area contributed by atoms with Crippen molar-refractivity contribution in [1.29, 1.82) is 0 Å². The third kappa shape index (κ3) is 4.84. The summed E-state index contributed by atoms with van der Waals surface area (Å²) in [5.41, 5.74) is 1.50. The molecule has 0 amide bonds. The zero-order valence-electron chi connectivity index (χ0n) is 11.2. The molecule has 1 unspecified atom stereocenters. The van der Waals surface area contributed by atoms with Crippen molar-refractivity contribution in [2.45, 2.75) is 46.6 Å². The molecule has 0 aliphatic heterocycles. The normalized spacial score (nSPS) is 14.4. The highest BCUT2D eigenvalue weighted by molar-refractivity contribution is 5.06. The lowest BCUT2D eigenvalue weighted by Crippen LogP contribution is -2.40. The summed E-state index contributed by atoms with van der Waals surface area (Å²) in [6.07, 6.45) is 4.70. The molecule has 0 bridgehead atoms. The van der Waals surface area contributed by atoms with Crippen molar-refractivity contribution < 1.29 is 4.42 Å². The Bertz CT molecular complexity index is 282. The summed E-state index contributed by atoms with van der Waals surface area (Å²) >= 11 is 0. The third-order valence-corrected chi connectivity index (χ3v) is 2.92.